The summed E-state index contributed by atoms with van der Waals surface area (Å²) < 4.78 is 0. The van der Waals surface area contributed by atoms with Crippen molar-refractivity contribution in [1.82, 2.24) is 4.90 Å². The summed E-state index contributed by atoms with van der Waals surface area (Å²) in [6.45, 7) is 4.71. The fraction of sp³-hybridized carbons (Fsp3) is 0.389. The number of fused-ring (bicyclic) bond motifs is 1. The zero-order valence-electron chi connectivity index (χ0n) is 25.7. The molecular formula is C36H41N3O5. The number of carbonyl (C=O) groups is 4. The first kappa shape index (κ1) is 31.1. The van der Waals surface area contributed by atoms with E-state index in [1.54, 1.807) is 19.2 Å². The van der Waals surface area contributed by atoms with Gasteiger partial charge in [-0.15, -0.1) is 0 Å². The van der Waals surface area contributed by atoms with Gasteiger partial charge in [0.25, 0.3) is 0 Å². The molecule has 2 aliphatic rings. The number of nitrogens with zero attached hydrogens (tertiary/aromatic N) is 2. The standard InChI is InChI=1S/C36H41N3O5/c1-36(2)20-31-29(25-15-17-28(18-16-25)38(3)22-40)5-4-6-30(31)33(32(41)19-23-7-13-27(14-8-23)35(43)44)39(36)34(42)26-11-9-24(21-37)10-12-26/h4-8,13-18,22,24,26,33H,9-12,19-21,37H2,1-3H3,(H,43,44). The average Bonchev–Trinajstić information content (AvgIpc) is 3.03. The molecule has 1 saturated carbocycles. The highest BCUT2D eigenvalue weighted by atomic mass is 16.4. The summed E-state index contributed by atoms with van der Waals surface area (Å²) >= 11 is 0. The number of anilines is 1. The van der Waals surface area contributed by atoms with Crippen LogP contribution in [0.1, 0.15) is 72.6 Å². The smallest absolute Gasteiger partial charge is 0.335 e. The molecule has 8 nitrogen and oxygen atoms in total. The zero-order valence-corrected chi connectivity index (χ0v) is 25.7. The van der Waals surface area contributed by atoms with Gasteiger partial charge in [0.1, 0.15) is 6.04 Å². The van der Waals surface area contributed by atoms with E-state index in [1.165, 1.54) is 17.0 Å². The molecule has 0 radical (unpaired) electrons. The molecular weight excluding hydrogens is 554 g/mol. The zero-order chi connectivity index (χ0) is 31.6. The Labute approximate surface area is 258 Å². The average molecular weight is 596 g/mol. The lowest BCUT2D eigenvalue weighted by molar-refractivity contribution is -0.152. The minimum absolute atomic E-state index is 0.0161. The summed E-state index contributed by atoms with van der Waals surface area (Å²) in [7, 11) is 1.70. The van der Waals surface area contributed by atoms with Gasteiger partial charge in [0.05, 0.1) is 5.56 Å². The van der Waals surface area contributed by atoms with E-state index in [1.807, 2.05) is 61.2 Å². The number of carboxylic acid groups (broad SMARTS) is 1. The third-order valence-corrected chi connectivity index (χ3v) is 9.42. The molecule has 1 unspecified atom stereocenters. The Morgan fingerprint density at radius 3 is 2.23 bits per heavy atom. The van der Waals surface area contributed by atoms with E-state index in [0.29, 0.717) is 24.4 Å². The fourth-order valence-electron chi connectivity index (χ4n) is 6.92. The van der Waals surface area contributed by atoms with Crippen molar-refractivity contribution in [2.24, 2.45) is 17.6 Å². The summed E-state index contributed by atoms with van der Waals surface area (Å²) in [6.07, 6.45) is 4.76. The van der Waals surface area contributed by atoms with Crippen LogP contribution in [-0.2, 0) is 27.2 Å². The van der Waals surface area contributed by atoms with Gasteiger partial charge in [-0.2, -0.15) is 0 Å². The lowest BCUT2D eigenvalue weighted by atomic mass is 9.74. The number of hydrogen-bond acceptors (Lipinski definition) is 5. The molecule has 1 aliphatic carbocycles. The van der Waals surface area contributed by atoms with Crippen molar-refractivity contribution in [3.63, 3.8) is 0 Å². The van der Waals surface area contributed by atoms with Gasteiger partial charge in [0.2, 0.25) is 12.3 Å². The van der Waals surface area contributed by atoms with Gasteiger partial charge >= 0.3 is 5.97 Å². The normalized spacial score (nSPS) is 20.8. The first-order chi connectivity index (χ1) is 21.0. The topological polar surface area (TPSA) is 121 Å². The molecule has 1 atom stereocenters. The Bertz CT molecular complexity index is 1540. The third-order valence-electron chi connectivity index (χ3n) is 9.42. The Balaban J connectivity index is 1.56. The van der Waals surface area contributed by atoms with Gasteiger partial charge in [-0.25, -0.2) is 4.79 Å². The summed E-state index contributed by atoms with van der Waals surface area (Å²) in [6, 6.07) is 19.3. The monoisotopic (exact) mass is 595 g/mol. The molecule has 0 bridgehead atoms. The van der Waals surface area contributed by atoms with Crippen LogP contribution in [0, 0.1) is 11.8 Å². The van der Waals surface area contributed by atoms with Crippen LogP contribution in [0.3, 0.4) is 0 Å². The van der Waals surface area contributed by atoms with Crippen molar-refractivity contribution in [3.8, 4) is 11.1 Å². The predicted molar refractivity (Wildman–Crippen MR) is 170 cm³/mol. The van der Waals surface area contributed by atoms with Gasteiger partial charge < -0.3 is 20.6 Å². The first-order valence-corrected chi connectivity index (χ1v) is 15.3. The third kappa shape index (κ3) is 6.17. The minimum atomic E-state index is -1.02. The number of ketones is 1. The van der Waals surface area contributed by atoms with Crippen LogP contribution in [0.15, 0.2) is 66.7 Å². The summed E-state index contributed by atoms with van der Waals surface area (Å²) in [5, 5.41) is 9.32. The molecule has 5 rings (SSSR count). The number of amides is 2. The largest absolute Gasteiger partial charge is 0.478 e. The van der Waals surface area contributed by atoms with Crippen LogP contribution in [0.25, 0.3) is 11.1 Å². The van der Waals surface area contributed by atoms with E-state index in [2.05, 4.69) is 0 Å². The molecule has 0 saturated heterocycles. The molecule has 230 valence electrons. The maximum Gasteiger partial charge on any atom is 0.335 e. The number of aromatic carboxylic acids is 1. The molecule has 1 aliphatic heterocycles. The van der Waals surface area contributed by atoms with E-state index in [-0.39, 0.29) is 29.6 Å². The van der Waals surface area contributed by atoms with Gasteiger partial charge in [0, 0.05) is 30.6 Å². The summed E-state index contributed by atoms with van der Waals surface area (Å²) in [5.74, 6) is -0.839. The number of carboxylic acids is 1. The van der Waals surface area contributed by atoms with Crippen LogP contribution >= 0.6 is 0 Å². The van der Waals surface area contributed by atoms with Crippen molar-refractivity contribution in [3.05, 3.63) is 89.0 Å². The summed E-state index contributed by atoms with van der Waals surface area (Å²) in [5.41, 5.74) is 10.7. The van der Waals surface area contributed by atoms with E-state index >= 15 is 0 Å². The van der Waals surface area contributed by atoms with Crippen LogP contribution in [0.5, 0.6) is 0 Å². The Hall–Kier alpha value is -4.30. The lowest BCUT2D eigenvalue weighted by Gasteiger charge is -2.50. The fourth-order valence-corrected chi connectivity index (χ4v) is 6.92. The Morgan fingerprint density at radius 1 is 0.977 bits per heavy atom. The van der Waals surface area contributed by atoms with E-state index in [9.17, 15) is 24.3 Å². The molecule has 3 aromatic carbocycles. The highest BCUT2D eigenvalue weighted by molar-refractivity contribution is 5.94. The summed E-state index contributed by atoms with van der Waals surface area (Å²) in [4.78, 5) is 54.8. The Morgan fingerprint density at radius 2 is 1.64 bits per heavy atom. The number of nitrogens with two attached hydrogens (primary N) is 1. The van der Waals surface area contributed by atoms with Crippen molar-refractivity contribution in [1.29, 1.82) is 0 Å². The van der Waals surface area contributed by atoms with Gasteiger partial charge in [0.15, 0.2) is 5.78 Å². The second kappa shape index (κ2) is 12.7. The molecule has 0 spiro atoms. The second-order valence-electron chi connectivity index (χ2n) is 12.8. The molecule has 1 heterocycles. The van der Waals surface area contributed by atoms with Gasteiger partial charge in [-0.1, -0.05) is 42.5 Å². The van der Waals surface area contributed by atoms with Crippen LogP contribution in [-0.4, -0.2) is 53.2 Å². The number of hydrogen-bond donors (Lipinski definition) is 2. The highest BCUT2D eigenvalue weighted by Crippen LogP contribution is 2.45. The number of rotatable bonds is 9. The lowest BCUT2D eigenvalue weighted by Crippen LogP contribution is -2.58. The SMILES string of the molecule is CN(C=O)c1ccc(-c2cccc3c2CC(C)(C)N(C(=O)C2CCC(CN)CC2)C3C(=O)Cc2ccc(C(=O)O)cc2)cc1. The van der Waals surface area contributed by atoms with Crippen molar-refractivity contribution >= 4 is 29.8 Å². The number of Topliss-reactive ketones (excluding diaryl/α,β-unsaturated/α-hetero) is 1. The second-order valence-corrected chi connectivity index (χ2v) is 12.8. The van der Waals surface area contributed by atoms with E-state index in [0.717, 1.165) is 60.0 Å². The first-order valence-electron chi connectivity index (χ1n) is 15.3. The van der Waals surface area contributed by atoms with E-state index < -0.39 is 17.6 Å². The quantitative estimate of drug-likeness (QED) is 0.319. The molecule has 1 fully saturated rings. The predicted octanol–water partition coefficient (Wildman–Crippen LogP) is 5.43. The van der Waals surface area contributed by atoms with Crippen molar-refractivity contribution in [2.75, 3.05) is 18.5 Å². The van der Waals surface area contributed by atoms with Crippen LogP contribution in [0.4, 0.5) is 5.69 Å². The molecule has 8 heteroatoms. The number of benzene rings is 3. The molecule has 44 heavy (non-hydrogen) atoms. The van der Waals surface area contributed by atoms with Crippen LogP contribution < -0.4 is 10.6 Å². The van der Waals surface area contributed by atoms with Crippen molar-refractivity contribution < 1.29 is 24.3 Å². The molecule has 0 aromatic heterocycles. The van der Waals surface area contributed by atoms with Gasteiger partial charge in [-0.05, 0) is 110 Å². The molecule has 3 aromatic rings. The Kier molecular flexibility index (Phi) is 9.02. The highest BCUT2D eigenvalue weighted by Gasteiger charge is 2.47. The number of carbonyl (C=O) groups excluding carboxylic acids is 3. The maximum atomic E-state index is 14.4. The minimum Gasteiger partial charge on any atom is -0.478 e. The van der Waals surface area contributed by atoms with Crippen molar-refractivity contribution in [2.45, 2.75) is 64.0 Å². The van der Waals surface area contributed by atoms with Crippen LogP contribution in [0.2, 0.25) is 0 Å². The van der Waals surface area contributed by atoms with E-state index in [4.69, 9.17) is 5.73 Å². The van der Waals surface area contributed by atoms with Gasteiger partial charge in [-0.3, -0.25) is 14.4 Å². The molecule has 2 amide bonds. The molecule has 3 N–H and O–H groups in total. The maximum absolute atomic E-state index is 14.4.